The van der Waals surface area contributed by atoms with Crippen LogP contribution in [0.1, 0.15) is 24.5 Å². The molecular weight excluding hydrogens is 278 g/mol. The number of hydrogen-bond acceptors (Lipinski definition) is 3. The molecule has 2 N–H and O–H groups in total. The molecule has 22 heavy (non-hydrogen) atoms. The van der Waals surface area contributed by atoms with E-state index < -0.39 is 5.60 Å². The van der Waals surface area contributed by atoms with Gasteiger partial charge in [-0.2, -0.15) is 0 Å². The van der Waals surface area contributed by atoms with Crippen molar-refractivity contribution in [3.63, 3.8) is 0 Å². The number of methoxy groups -OCH3 is 1. The summed E-state index contributed by atoms with van der Waals surface area (Å²) in [6.45, 7) is 2.05. The van der Waals surface area contributed by atoms with Crippen molar-refractivity contribution in [2.24, 2.45) is 0 Å². The van der Waals surface area contributed by atoms with Crippen molar-refractivity contribution >= 4 is 5.91 Å². The maximum absolute atomic E-state index is 12.1. The Morgan fingerprint density at radius 2 is 1.91 bits per heavy atom. The third-order valence-electron chi connectivity index (χ3n) is 3.52. The second kappa shape index (κ2) is 7.09. The molecule has 0 saturated carbocycles. The number of ether oxygens (including phenoxy) is 1. The number of aliphatic hydroxyl groups is 1. The average Bonchev–Trinajstić information content (AvgIpc) is 2.53. The van der Waals surface area contributed by atoms with Gasteiger partial charge in [0.1, 0.15) is 5.75 Å². The van der Waals surface area contributed by atoms with Gasteiger partial charge >= 0.3 is 0 Å². The predicted molar refractivity (Wildman–Crippen MR) is 85.5 cm³/mol. The molecule has 116 valence electrons. The molecule has 0 radical (unpaired) electrons. The third kappa shape index (κ3) is 4.33. The predicted octanol–water partition coefficient (Wildman–Crippen LogP) is 2.61. The molecule has 0 heterocycles. The van der Waals surface area contributed by atoms with Crippen LogP contribution in [0.3, 0.4) is 0 Å². The standard InChI is InChI=1S/C18H21NO3/c1-18(21,15-8-4-3-5-9-15)12-17(20)19-13-14-7-6-10-16(11-14)22-2/h3-11,21H,12-13H2,1-2H3,(H,19,20). The fourth-order valence-corrected chi connectivity index (χ4v) is 2.26. The van der Waals surface area contributed by atoms with Crippen molar-refractivity contribution in [3.8, 4) is 5.75 Å². The van der Waals surface area contributed by atoms with Gasteiger partial charge in [0, 0.05) is 6.54 Å². The van der Waals surface area contributed by atoms with Crippen LogP contribution in [0.15, 0.2) is 54.6 Å². The van der Waals surface area contributed by atoms with E-state index in [1.165, 1.54) is 0 Å². The number of carbonyl (C=O) groups excluding carboxylic acids is 1. The van der Waals surface area contributed by atoms with E-state index in [0.29, 0.717) is 6.54 Å². The zero-order valence-electron chi connectivity index (χ0n) is 12.9. The summed E-state index contributed by atoms with van der Waals surface area (Å²) in [4.78, 5) is 12.1. The van der Waals surface area contributed by atoms with Crippen LogP contribution < -0.4 is 10.1 Å². The van der Waals surface area contributed by atoms with Gasteiger partial charge in [0.25, 0.3) is 0 Å². The monoisotopic (exact) mass is 299 g/mol. The minimum atomic E-state index is -1.18. The lowest BCUT2D eigenvalue weighted by Gasteiger charge is -2.23. The van der Waals surface area contributed by atoms with E-state index in [1.807, 2.05) is 54.6 Å². The van der Waals surface area contributed by atoms with Crippen LogP contribution >= 0.6 is 0 Å². The summed E-state index contributed by atoms with van der Waals surface area (Å²) in [6, 6.07) is 16.7. The van der Waals surface area contributed by atoms with E-state index in [4.69, 9.17) is 4.74 Å². The molecule has 0 bridgehead atoms. The quantitative estimate of drug-likeness (QED) is 0.862. The highest BCUT2D eigenvalue weighted by atomic mass is 16.5. The second-order valence-corrected chi connectivity index (χ2v) is 5.44. The fraction of sp³-hybridized carbons (Fsp3) is 0.278. The highest BCUT2D eigenvalue weighted by Crippen LogP contribution is 2.24. The van der Waals surface area contributed by atoms with Crippen molar-refractivity contribution in [2.75, 3.05) is 7.11 Å². The van der Waals surface area contributed by atoms with Crippen molar-refractivity contribution < 1.29 is 14.6 Å². The molecule has 0 spiro atoms. The van der Waals surface area contributed by atoms with Gasteiger partial charge in [-0.15, -0.1) is 0 Å². The lowest BCUT2D eigenvalue weighted by atomic mass is 9.92. The molecule has 0 aliphatic rings. The van der Waals surface area contributed by atoms with Gasteiger partial charge in [-0.3, -0.25) is 4.79 Å². The first-order chi connectivity index (χ1) is 10.5. The Balaban J connectivity index is 1.92. The summed E-state index contributed by atoms with van der Waals surface area (Å²) in [5.74, 6) is 0.555. The molecule has 0 fully saturated rings. The number of amides is 1. The lowest BCUT2D eigenvalue weighted by Crippen LogP contribution is -2.32. The largest absolute Gasteiger partial charge is 0.497 e. The van der Waals surface area contributed by atoms with E-state index in [1.54, 1.807) is 14.0 Å². The first kappa shape index (κ1) is 16.0. The normalized spacial score (nSPS) is 13.2. The zero-order chi connectivity index (χ0) is 16.0. The van der Waals surface area contributed by atoms with E-state index in [9.17, 15) is 9.90 Å². The minimum absolute atomic E-state index is 0.0149. The van der Waals surface area contributed by atoms with Gasteiger partial charge in [-0.25, -0.2) is 0 Å². The van der Waals surface area contributed by atoms with Gasteiger partial charge in [-0.05, 0) is 30.2 Å². The van der Waals surface area contributed by atoms with Gasteiger partial charge in [0.2, 0.25) is 5.91 Å². The molecule has 0 aliphatic carbocycles. The summed E-state index contributed by atoms with van der Waals surface area (Å²) in [5, 5.41) is 13.3. The van der Waals surface area contributed by atoms with Crippen LogP contribution in [0.25, 0.3) is 0 Å². The highest BCUT2D eigenvalue weighted by Gasteiger charge is 2.26. The fourth-order valence-electron chi connectivity index (χ4n) is 2.26. The van der Waals surface area contributed by atoms with E-state index in [0.717, 1.165) is 16.9 Å². The molecule has 1 unspecified atom stereocenters. The highest BCUT2D eigenvalue weighted by molar-refractivity contribution is 5.77. The maximum Gasteiger partial charge on any atom is 0.223 e. The summed E-state index contributed by atoms with van der Waals surface area (Å²) in [7, 11) is 1.61. The smallest absolute Gasteiger partial charge is 0.223 e. The Labute approximate surface area is 130 Å². The van der Waals surface area contributed by atoms with Crippen molar-refractivity contribution in [2.45, 2.75) is 25.5 Å². The van der Waals surface area contributed by atoms with Crippen LogP contribution in [0.2, 0.25) is 0 Å². The van der Waals surface area contributed by atoms with Gasteiger partial charge < -0.3 is 15.2 Å². The summed E-state index contributed by atoms with van der Waals surface area (Å²) in [5.41, 5.74) is 0.498. The Morgan fingerprint density at radius 1 is 1.18 bits per heavy atom. The minimum Gasteiger partial charge on any atom is -0.497 e. The summed E-state index contributed by atoms with van der Waals surface area (Å²) < 4.78 is 5.15. The Morgan fingerprint density at radius 3 is 2.59 bits per heavy atom. The molecule has 2 aromatic carbocycles. The zero-order valence-corrected chi connectivity index (χ0v) is 12.9. The Bertz CT molecular complexity index is 623. The molecule has 1 amide bonds. The van der Waals surface area contributed by atoms with Crippen LogP contribution in [-0.4, -0.2) is 18.1 Å². The molecule has 2 aromatic rings. The number of rotatable bonds is 6. The average molecular weight is 299 g/mol. The molecule has 0 aliphatic heterocycles. The van der Waals surface area contributed by atoms with Gasteiger partial charge in [0.15, 0.2) is 0 Å². The summed E-state index contributed by atoms with van der Waals surface area (Å²) >= 11 is 0. The van der Waals surface area contributed by atoms with Crippen LogP contribution in [0.5, 0.6) is 5.75 Å². The van der Waals surface area contributed by atoms with Crippen LogP contribution in [0, 0.1) is 0 Å². The topological polar surface area (TPSA) is 58.6 Å². The number of carbonyl (C=O) groups is 1. The van der Waals surface area contributed by atoms with Crippen molar-refractivity contribution in [1.29, 1.82) is 0 Å². The molecular formula is C18H21NO3. The lowest BCUT2D eigenvalue weighted by molar-refractivity contribution is -0.126. The first-order valence-electron chi connectivity index (χ1n) is 7.19. The molecule has 4 heteroatoms. The Hall–Kier alpha value is -2.33. The molecule has 0 saturated heterocycles. The number of nitrogens with one attached hydrogen (secondary N) is 1. The van der Waals surface area contributed by atoms with Crippen molar-refractivity contribution in [3.05, 3.63) is 65.7 Å². The SMILES string of the molecule is COc1cccc(CNC(=O)CC(C)(O)c2ccccc2)c1. The van der Waals surface area contributed by atoms with E-state index in [-0.39, 0.29) is 12.3 Å². The number of benzene rings is 2. The molecule has 4 nitrogen and oxygen atoms in total. The first-order valence-corrected chi connectivity index (χ1v) is 7.19. The second-order valence-electron chi connectivity index (χ2n) is 5.44. The molecule has 2 rings (SSSR count). The van der Waals surface area contributed by atoms with E-state index >= 15 is 0 Å². The number of hydrogen-bond donors (Lipinski definition) is 2. The van der Waals surface area contributed by atoms with Crippen LogP contribution in [-0.2, 0) is 16.9 Å². The molecule has 0 aromatic heterocycles. The maximum atomic E-state index is 12.1. The van der Waals surface area contributed by atoms with Gasteiger partial charge in [0.05, 0.1) is 19.1 Å². The van der Waals surface area contributed by atoms with Crippen LogP contribution in [0.4, 0.5) is 0 Å². The summed E-state index contributed by atoms with van der Waals surface area (Å²) in [6.07, 6.45) is 0.0149. The molecule has 1 atom stereocenters. The van der Waals surface area contributed by atoms with Crippen molar-refractivity contribution in [1.82, 2.24) is 5.32 Å². The third-order valence-corrected chi connectivity index (χ3v) is 3.52. The van der Waals surface area contributed by atoms with E-state index in [2.05, 4.69) is 5.32 Å². The Kier molecular flexibility index (Phi) is 5.17. The van der Waals surface area contributed by atoms with Gasteiger partial charge in [-0.1, -0.05) is 42.5 Å².